The van der Waals surface area contributed by atoms with E-state index in [1.807, 2.05) is 0 Å². The molecule has 1 aromatic rings. The molecule has 3 heteroatoms. The summed E-state index contributed by atoms with van der Waals surface area (Å²) in [5, 5.41) is 1.16. The summed E-state index contributed by atoms with van der Waals surface area (Å²) < 4.78 is 10.5. The summed E-state index contributed by atoms with van der Waals surface area (Å²) in [4.78, 5) is 0. The maximum atomic E-state index is 5.25. The maximum Gasteiger partial charge on any atom is 0.204 e. The van der Waals surface area contributed by atoms with Crippen molar-refractivity contribution in [2.45, 2.75) is 13.8 Å². The molecule has 2 nitrogen and oxygen atoms in total. The van der Waals surface area contributed by atoms with Crippen LogP contribution in [0.2, 0.25) is 0 Å². The second-order valence-electron chi connectivity index (χ2n) is 2.91. The minimum absolute atomic E-state index is 0.885. The van der Waals surface area contributed by atoms with E-state index in [9.17, 15) is 0 Å². The Bertz CT molecular complexity index is 282. The smallest absolute Gasteiger partial charge is 0.204 e. The van der Waals surface area contributed by atoms with E-state index in [4.69, 9.17) is 9.05 Å². The first-order valence-electron chi connectivity index (χ1n) is 4.14. The van der Waals surface area contributed by atoms with Crippen molar-refractivity contribution in [3.05, 3.63) is 29.3 Å². The summed E-state index contributed by atoms with van der Waals surface area (Å²) in [7, 11) is 2.47. The molecule has 0 spiro atoms. The number of aryl methyl sites for hydroxylation is 2. The molecule has 1 aromatic carbocycles. The SMILES string of the molecule is COP(OC)c1ccc(C)cc1C. The highest BCUT2D eigenvalue weighted by molar-refractivity contribution is 7.56. The lowest BCUT2D eigenvalue weighted by molar-refractivity contribution is 0.350. The molecule has 0 aliphatic heterocycles. The third kappa shape index (κ3) is 2.50. The lowest BCUT2D eigenvalue weighted by Crippen LogP contribution is -2.07. The van der Waals surface area contributed by atoms with Gasteiger partial charge in [-0.2, -0.15) is 0 Å². The Hall–Kier alpha value is -0.430. The Morgan fingerprint density at radius 1 is 1.08 bits per heavy atom. The molecule has 1 rings (SSSR count). The fourth-order valence-electron chi connectivity index (χ4n) is 1.28. The van der Waals surface area contributed by atoms with Crippen molar-refractivity contribution in [2.24, 2.45) is 0 Å². The first-order valence-corrected chi connectivity index (χ1v) is 5.32. The van der Waals surface area contributed by atoms with Gasteiger partial charge in [0.25, 0.3) is 0 Å². The van der Waals surface area contributed by atoms with Gasteiger partial charge in [0.1, 0.15) is 0 Å². The topological polar surface area (TPSA) is 18.5 Å². The Labute approximate surface area is 80.8 Å². The molecule has 0 fully saturated rings. The Kier molecular flexibility index (Phi) is 3.86. The summed E-state index contributed by atoms with van der Waals surface area (Å²) in [6.07, 6.45) is 0. The molecule has 0 radical (unpaired) electrons. The Morgan fingerprint density at radius 3 is 2.15 bits per heavy atom. The normalized spacial score (nSPS) is 10.8. The van der Waals surface area contributed by atoms with Gasteiger partial charge < -0.3 is 9.05 Å². The van der Waals surface area contributed by atoms with E-state index in [-0.39, 0.29) is 0 Å². The second kappa shape index (κ2) is 4.71. The number of hydrogen-bond donors (Lipinski definition) is 0. The summed E-state index contributed by atoms with van der Waals surface area (Å²) >= 11 is 0. The molecule has 0 bridgehead atoms. The third-order valence-corrected chi connectivity index (χ3v) is 3.44. The highest BCUT2D eigenvalue weighted by atomic mass is 31.2. The average Bonchev–Trinajstić information content (AvgIpc) is 2.10. The molecule has 0 saturated heterocycles. The standard InChI is InChI=1S/C10H15O2P/c1-8-5-6-10(9(2)7-8)13(11-3)12-4/h5-7H,1-4H3. The van der Waals surface area contributed by atoms with Crippen molar-refractivity contribution in [1.82, 2.24) is 0 Å². The minimum Gasteiger partial charge on any atom is -0.334 e. The van der Waals surface area contributed by atoms with Crippen LogP contribution in [-0.2, 0) is 9.05 Å². The molecule has 0 aliphatic rings. The highest BCUT2D eigenvalue weighted by Gasteiger charge is 2.12. The Morgan fingerprint density at radius 2 is 1.69 bits per heavy atom. The van der Waals surface area contributed by atoms with Gasteiger partial charge in [-0.1, -0.05) is 17.7 Å². The number of hydrogen-bond acceptors (Lipinski definition) is 2. The lowest BCUT2D eigenvalue weighted by Gasteiger charge is -2.14. The monoisotopic (exact) mass is 198 g/mol. The van der Waals surface area contributed by atoms with Crippen LogP contribution in [0.4, 0.5) is 0 Å². The highest BCUT2D eigenvalue weighted by Crippen LogP contribution is 2.35. The van der Waals surface area contributed by atoms with Crippen LogP contribution in [0.25, 0.3) is 0 Å². The van der Waals surface area contributed by atoms with Crippen molar-refractivity contribution < 1.29 is 9.05 Å². The van der Waals surface area contributed by atoms with Crippen LogP contribution in [0.15, 0.2) is 18.2 Å². The molecule has 0 unspecified atom stereocenters. The molecule has 0 N–H and O–H groups in total. The van der Waals surface area contributed by atoms with Crippen LogP contribution < -0.4 is 5.30 Å². The molecular weight excluding hydrogens is 183 g/mol. The molecule has 0 aliphatic carbocycles. The van der Waals surface area contributed by atoms with Gasteiger partial charge in [-0.3, -0.25) is 0 Å². The summed E-state index contributed by atoms with van der Waals surface area (Å²) in [6.45, 7) is 4.16. The zero-order valence-electron chi connectivity index (χ0n) is 8.50. The van der Waals surface area contributed by atoms with Gasteiger partial charge in [0.15, 0.2) is 0 Å². The van der Waals surface area contributed by atoms with E-state index in [0.29, 0.717) is 0 Å². The molecule has 0 atom stereocenters. The van der Waals surface area contributed by atoms with Gasteiger partial charge in [0.2, 0.25) is 8.38 Å². The van der Waals surface area contributed by atoms with E-state index < -0.39 is 8.38 Å². The largest absolute Gasteiger partial charge is 0.334 e. The predicted molar refractivity (Wildman–Crippen MR) is 56.5 cm³/mol. The molecule has 0 amide bonds. The minimum atomic E-state index is -0.885. The molecule has 0 saturated carbocycles. The quantitative estimate of drug-likeness (QED) is 0.695. The zero-order chi connectivity index (χ0) is 9.84. The fraction of sp³-hybridized carbons (Fsp3) is 0.400. The van der Waals surface area contributed by atoms with Crippen LogP contribution in [0.1, 0.15) is 11.1 Å². The van der Waals surface area contributed by atoms with Crippen LogP contribution in [-0.4, -0.2) is 14.2 Å². The molecule has 0 aromatic heterocycles. The van der Waals surface area contributed by atoms with Crippen LogP contribution in [0.5, 0.6) is 0 Å². The summed E-state index contributed by atoms with van der Waals surface area (Å²) in [5.41, 5.74) is 2.50. The van der Waals surface area contributed by atoms with E-state index >= 15 is 0 Å². The van der Waals surface area contributed by atoms with Gasteiger partial charge in [0.05, 0.1) is 0 Å². The van der Waals surface area contributed by atoms with E-state index in [1.54, 1.807) is 14.2 Å². The van der Waals surface area contributed by atoms with E-state index in [1.165, 1.54) is 11.1 Å². The van der Waals surface area contributed by atoms with Crippen LogP contribution >= 0.6 is 8.38 Å². The summed E-state index contributed by atoms with van der Waals surface area (Å²) in [5.74, 6) is 0. The molecule has 13 heavy (non-hydrogen) atoms. The Balaban J connectivity index is 2.99. The molecule has 0 heterocycles. The van der Waals surface area contributed by atoms with Crippen molar-refractivity contribution in [3.63, 3.8) is 0 Å². The van der Waals surface area contributed by atoms with Crippen LogP contribution in [0.3, 0.4) is 0 Å². The van der Waals surface area contributed by atoms with Gasteiger partial charge in [-0.25, -0.2) is 0 Å². The summed E-state index contributed by atoms with van der Waals surface area (Å²) in [6, 6.07) is 6.29. The lowest BCUT2D eigenvalue weighted by atomic mass is 10.2. The first-order chi connectivity index (χ1) is 6.19. The van der Waals surface area contributed by atoms with Crippen LogP contribution in [0, 0.1) is 13.8 Å². The maximum absolute atomic E-state index is 5.25. The van der Waals surface area contributed by atoms with Gasteiger partial charge in [0, 0.05) is 19.5 Å². The van der Waals surface area contributed by atoms with Crippen molar-refractivity contribution in [2.75, 3.05) is 14.2 Å². The first kappa shape index (κ1) is 10.6. The molecule has 72 valence electrons. The van der Waals surface area contributed by atoms with Gasteiger partial charge in [-0.05, 0) is 25.5 Å². The van der Waals surface area contributed by atoms with Gasteiger partial charge >= 0.3 is 0 Å². The second-order valence-corrected chi connectivity index (χ2v) is 4.64. The van der Waals surface area contributed by atoms with E-state index in [0.717, 1.165) is 5.30 Å². The number of rotatable bonds is 3. The van der Waals surface area contributed by atoms with E-state index in [2.05, 4.69) is 32.0 Å². The third-order valence-electron chi connectivity index (χ3n) is 1.88. The van der Waals surface area contributed by atoms with Crippen molar-refractivity contribution in [1.29, 1.82) is 0 Å². The zero-order valence-corrected chi connectivity index (χ0v) is 9.39. The van der Waals surface area contributed by atoms with Gasteiger partial charge in [-0.15, -0.1) is 0 Å². The average molecular weight is 198 g/mol. The van der Waals surface area contributed by atoms with Crippen molar-refractivity contribution >= 4 is 13.7 Å². The predicted octanol–water partition coefficient (Wildman–Crippen LogP) is 2.53. The molecular formula is C10H15O2P. The van der Waals surface area contributed by atoms with Crippen molar-refractivity contribution in [3.8, 4) is 0 Å². The number of benzene rings is 1. The fourth-order valence-corrected chi connectivity index (χ4v) is 2.37.